The Balaban J connectivity index is 2.10. The summed E-state index contributed by atoms with van der Waals surface area (Å²) in [6.45, 7) is 5.81. The first-order valence-corrected chi connectivity index (χ1v) is 8.04. The number of nitrogens with zero attached hydrogens (tertiary/aromatic N) is 2. The van der Waals surface area contributed by atoms with Crippen molar-refractivity contribution in [2.24, 2.45) is 0 Å². The van der Waals surface area contributed by atoms with Crippen molar-refractivity contribution in [3.8, 4) is 17.0 Å². The maximum absolute atomic E-state index is 12.8. The number of fused-ring (bicyclic) bond motifs is 1. The highest BCUT2D eigenvalue weighted by Crippen LogP contribution is 2.31. The molecule has 0 saturated heterocycles. The molecule has 3 rings (SSSR count). The van der Waals surface area contributed by atoms with Gasteiger partial charge in [0.1, 0.15) is 11.4 Å². The Morgan fingerprint density at radius 1 is 1.20 bits per heavy atom. The van der Waals surface area contributed by atoms with Crippen LogP contribution in [0.5, 0.6) is 5.75 Å². The van der Waals surface area contributed by atoms with Gasteiger partial charge in [-0.3, -0.25) is 10.3 Å². The SMILES string of the molecule is COc1ccc(-c2cc3c(n2C(=O)OC(C)(C)C)C=CN(O)C3)cc1. The van der Waals surface area contributed by atoms with Crippen LogP contribution in [0.3, 0.4) is 0 Å². The number of benzene rings is 1. The topological polar surface area (TPSA) is 63.9 Å². The zero-order valence-corrected chi connectivity index (χ0v) is 14.8. The predicted octanol–water partition coefficient (Wildman–Crippen LogP) is 4.12. The minimum absolute atomic E-state index is 0.310. The molecule has 1 N–H and O–H groups in total. The van der Waals surface area contributed by atoms with E-state index in [0.717, 1.165) is 21.9 Å². The van der Waals surface area contributed by atoms with Gasteiger partial charge in [-0.1, -0.05) is 0 Å². The van der Waals surface area contributed by atoms with Crippen molar-refractivity contribution >= 4 is 12.2 Å². The first kappa shape index (κ1) is 17.1. The summed E-state index contributed by atoms with van der Waals surface area (Å²) in [6.07, 6.45) is 2.78. The van der Waals surface area contributed by atoms with E-state index in [1.807, 2.05) is 51.1 Å². The molecule has 2 aromatic rings. The maximum Gasteiger partial charge on any atom is 0.419 e. The molecule has 2 heterocycles. The summed E-state index contributed by atoms with van der Waals surface area (Å²) < 4.78 is 12.3. The molecule has 1 aliphatic rings. The smallest absolute Gasteiger partial charge is 0.419 e. The summed E-state index contributed by atoms with van der Waals surface area (Å²) in [5.74, 6) is 0.741. The van der Waals surface area contributed by atoms with Gasteiger partial charge in [-0.05, 0) is 62.7 Å². The van der Waals surface area contributed by atoms with E-state index >= 15 is 0 Å². The molecule has 1 aromatic carbocycles. The van der Waals surface area contributed by atoms with Crippen LogP contribution in [-0.4, -0.2) is 33.6 Å². The van der Waals surface area contributed by atoms with Gasteiger partial charge in [-0.25, -0.2) is 9.36 Å². The lowest BCUT2D eigenvalue weighted by Crippen LogP contribution is -2.28. The van der Waals surface area contributed by atoms with Gasteiger partial charge in [-0.2, -0.15) is 0 Å². The highest BCUT2D eigenvalue weighted by Gasteiger charge is 2.26. The molecule has 0 atom stereocenters. The third kappa shape index (κ3) is 3.53. The van der Waals surface area contributed by atoms with Crippen LogP contribution in [0.2, 0.25) is 0 Å². The highest BCUT2D eigenvalue weighted by molar-refractivity contribution is 5.84. The summed E-state index contributed by atoms with van der Waals surface area (Å²) in [5, 5.41) is 10.8. The van der Waals surface area contributed by atoms with Gasteiger partial charge in [0, 0.05) is 11.8 Å². The molecule has 6 nitrogen and oxygen atoms in total. The van der Waals surface area contributed by atoms with E-state index < -0.39 is 11.7 Å². The van der Waals surface area contributed by atoms with E-state index in [0.29, 0.717) is 17.9 Å². The van der Waals surface area contributed by atoms with Crippen LogP contribution in [0.15, 0.2) is 36.5 Å². The van der Waals surface area contributed by atoms with Gasteiger partial charge in [0.25, 0.3) is 0 Å². The second kappa shape index (κ2) is 6.29. The standard InChI is InChI=1S/C19H22N2O4/c1-19(2,3)25-18(22)21-16-9-10-20(23)12-14(16)11-17(21)13-5-7-15(24-4)8-6-13/h5-11,23H,12H2,1-4H3. The van der Waals surface area contributed by atoms with E-state index in [9.17, 15) is 10.0 Å². The Bertz CT molecular complexity index is 813. The molecule has 0 spiro atoms. The number of aromatic nitrogens is 1. The van der Waals surface area contributed by atoms with Crippen molar-refractivity contribution < 1.29 is 19.5 Å². The van der Waals surface area contributed by atoms with Crippen molar-refractivity contribution in [2.75, 3.05) is 7.11 Å². The predicted molar refractivity (Wildman–Crippen MR) is 94.4 cm³/mol. The van der Waals surface area contributed by atoms with Crippen LogP contribution in [-0.2, 0) is 11.3 Å². The molecule has 1 aliphatic heterocycles. The minimum atomic E-state index is -0.604. The summed E-state index contributed by atoms with van der Waals surface area (Å²) in [4.78, 5) is 12.8. The van der Waals surface area contributed by atoms with Crippen LogP contribution in [0, 0.1) is 0 Å². The van der Waals surface area contributed by atoms with Gasteiger partial charge in [0.2, 0.25) is 0 Å². The largest absolute Gasteiger partial charge is 0.497 e. The van der Waals surface area contributed by atoms with Gasteiger partial charge < -0.3 is 9.47 Å². The van der Waals surface area contributed by atoms with E-state index in [-0.39, 0.29) is 0 Å². The second-order valence-corrected chi connectivity index (χ2v) is 6.90. The molecule has 25 heavy (non-hydrogen) atoms. The molecule has 0 fully saturated rings. The Labute approximate surface area is 146 Å². The maximum atomic E-state index is 12.8. The second-order valence-electron chi connectivity index (χ2n) is 6.90. The molecule has 0 aliphatic carbocycles. The highest BCUT2D eigenvalue weighted by atomic mass is 16.6. The molecule has 1 aromatic heterocycles. The molecule has 132 valence electrons. The molecule has 0 saturated carbocycles. The lowest BCUT2D eigenvalue weighted by atomic mass is 10.1. The molecule has 0 radical (unpaired) electrons. The number of rotatable bonds is 2. The lowest BCUT2D eigenvalue weighted by molar-refractivity contribution is -0.0495. The molecule has 6 heteroatoms. The van der Waals surface area contributed by atoms with Gasteiger partial charge in [-0.15, -0.1) is 0 Å². The van der Waals surface area contributed by atoms with Crippen LogP contribution >= 0.6 is 0 Å². The molecule has 0 amide bonds. The van der Waals surface area contributed by atoms with Crippen molar-refractivity contribution in [1.82, 2.24) is 9.63 Å². The number of carbonyl (C=O) groups excluding carboxylic acids is 1. The summed E-state index contributed by atoms with van der Waals surface area (Å²) in [5.41, 5.74) is 2.53. The lowest BCUT2D eigenvalue weighted by Gasteiger charge is -2.22. The number of hydroxylamine groups is 2. The number of ether oxygens (including phenoxy) is 2. The van der Waals surface area contributed by atoms with Crippen molar-refractivity contribution in [3.63, 3.8) is 0 Å². The Morgan fingerprint density at radius 3 is 2.48 bits per heavy atom. The quantitative estimate of drug-likeness (QED) is 0.889. The summed E-state index contributed by atoms with van der Waals surface area (Å²) in [6, 6.07) is 9.36. The van der Waals surface area contributed by atoms with E-state index in [4.69, 9.17) is 9.47 Å². The van der Waals surface area contributed by atoms with Crippen molar-refractivity contribution in [3.05, 3.63) is 47.8 Å². The van der Waals surface area contributed by atoms with Crippen LogP contribution in [0.25, 0.3) is 17.3 Å². The zero-order chi connectivity index (χ0) is 18.2. The number of methoxy groups -OCH3 is 1. The van der Waals surface area contributed by atoms with E-state index in [2.05, 4.69) is 0 Å². The van der Waals surface area contributed by atoms with E-state index in [1.165, 1.54) is 6.20 Å². The van der Waals surface area contributed by atoms with Crippen LogP contribution < -0.4 is 4.74 Å². The van der Waals surface area contributed by atoms with E-state index in [1.54, 1.807) is 17.8 Å². The monoisotopic (exact) mass is 342 g/mol. The molecular formula is C19H22N2O4. The average Bonchev–Trinajstić information content (AvgIpc) is 2.91. The first-order valence-electron chi connectivity index (χ1n) is 8.04. The van der Waals surface area contributed by atoms with Crippen molar-refractivity contribution in [2.45, 2.75) is 32.9 Å². The van der Waals surface area contributed by atoms with Gasteiger partial charge in [0.15, 0.2) is 0 Å². The number of carbonyl (C=O) groups is 1. The fraction of sp³-hybridized carbons (Fsp3) is 0.316. The van der Waals surface area contributed by atoms with Crippen LogP contribution in [0.1, 0.15) is 32.0 Å². The summed E-state index contributed by atoms with van der Waals surface area (Å²) >= 11 is 0. The third-order valence-electron chi connectivity index (χ3n) is 3.82. The normalized spacial score (nSPS) is 13.6. The molecule has 0 unspecified atom stereocenters. The zero-order valence-electron chi connectivity index (χ0n) is 14.8. The Morgan fingerprint density at radius 2 is 1.88 bits per heavy atom. The Hall–Kier alpha value is -2.73. The minimum Gasteiger partial charge on any atom is -0.497 e. The fourth-order valence-corrected chi connectivity index (χ4v) is 2.75. The average molecular weight is 342 g/mol. The Kier molecular flexibility index (Phi) is 4.30. The first-order chi connectivity index (χ1) is 11.8. The summed E-state index contributed by atoms with van der Waals surface area (Å²) in [7, 11) is 1.61. The van der Waals surface area contributed by atoms with Gasteiger partial charge >= 0.3 is 6.09 Å². The number of hydrogen-bond acceptors (Lipinski definition) is 5. The fourth-order valence-electron chi connectivity index (χ4n) is 2.75. The molecule has 0 bridgehead atoms. The molecular weight excluding hydrogens is 320 g/mol. The number of hydrogen-bond donors (Lipinski definition) is 1. The van der Waals surface area contributed by atoms with Crippen molar-refractivity contribution in [1.29, 1.82) is 0 Å². The van der Waals surface area contributed by atoms with Gasteiger partial charge in [0.05, 0.1) is 25.0 Å². The van der Waals surface area contributed by atoms with Crippen LogP contribution in [0.4, 0.5) is 4.79 Å². The third-order valence-corrected chi connectivity index (χ3v) is 3.82.